The predicted octanol–water partition coefficient (Wildman–Crippen LogP) is 1.26. The van der Waals surface area contributed by atoms with Gasteiger partial charge in [-0.2, -0.15) is 0 Å². The summed E-state index contributed by atoms with van der Waals surface area (Å²) in [6.07, 6.45) is 2.09. The summed E-state index contributed by atoms with van der Waals surface area (Å²) in [5.41, 5.74) is 6.88. The topological polar surface area (TPSA) is 26.0 Å². The highest BCUT2D eigenvalue weighted by molar-refractivity contribution is 6.12. The summed E-state index contributed by atoms with van der Waals surface area (Å²) in [6.45, 7) is 6.08. The van der Waals surface area contributed by atoms with Crippen LogP contribution in [0.1, 0.15) is 19.8 Å². The first-order chi connectivity index (χ1) is 4.61. The minimum absolute atomic E-state index is 0.0381. The van der Waals surface area contributed by atoms with Gasteiger partial charge in [0.25, 0.3) is 0 Å². The SMILES string of the molecule is [B]C1CC(C)CC(=C)C1N. The van der Waals surface area contributed by atoms with Crippen LogP contribution in [0, 0.1) is 5.92 Å². The zero-order chi connectivity index (χ0) is 7.72. The number of rotatable bonds is 0. The molecule has 0 aromatic rings. The highest BCUT2D eigenvalue weighted by atomic mass is 14.7. The zero-order valence-electron chi connectivity index (χ0n) is 6.51. The summed E-state index contributed by atoms with van der Waals surface area (Å²) < 4.78 is 0. The van der Waals surface area contributed by atoms with Crippen molar-refractivity contribution in [1.29, 1.82) is 0 Å². The van der Waals surface area contributed by atoms with Gasteiger partial charge in [-0.3, -0.25) is 0 Å². The first kappa shape index (κ1) is 7.87. The molecule has 0 bridgehead atoms. The Morgan fingerprint density at radius 3 is 2.80 bits per heavy atom. The van der Waals surface area contributed by atoms with Gasteiger partial charge < -0.3 is 5.73 Å². The second kappa shape index (κ2) is 2.79. The van der Waals surface area contributed by atoms with Crippen LogP contribution in [-0.4, -0.2) is 13.9 Å². The van der Waals surface area contributed by atoms with Crippen LogP contribution in [0.3, 0.4) is 0 Å². The molecule has 0 aliphatic heterocycles. The van der Waals surface area contributed by atoms with Gasteiger partial charge in [0.15, 0.2) is 0 Å². The molecule has 1 aliphatic rings. The van der Waals surface area contributed by atoms with E-state index < -0.39 is 0 Å². The lowest BCUT2D eigenvalue weighted by molar-refractivity contribution is 0.422. The second-order valence-corrected chi connectivity index (χ2v) is 3.39. The van der Waals surface area contributed by atoms with E-state index in [0.717, 1.165) is 18.4 Å². The van der Waals surface area contributed by atoms with E-state index in [1.54, 1.807) is 0 Å². The molecule has 0 saturated heterocycles. The minimum Gasteiger partial charge on any atom is -0.325 e. The van der Waals surface area contributed by atoms with Gasteiger partial charge in [0.05, 0.1) is 7.85 Å². The maximum atomic E-state index is 5.77. The van der Waals surface area contributed by atoms with Gasteiger partial charge in [0.2, 0.25) is 0 Å². The molecular formula is C8H14BN. The number of hydrogen-bond donors (Lipinski definition) is 1. The Balaban J connectivity index is 2.57. The lowest BCUT2D eigenvalue weighted by atomic mass is 9.67. The van der Waals surface area contributed by atoms with E-state index in [2.05, 4.69) is 13.5 Å². The van der Waals surface area contributed by atoms with Gasteiger partial charge in [-0.05, 0) is 12.3 Å². The standard InChI is InChI=1S/C8H14BN/c1-5-3-6(2)8(10)7(9)4-5/h5,7-8H,2-4,10H2,1H3. The molecule has 3 unspecified atom stereocenters. The van der Waals surface area contributed by atoms with E-state index in [1.165, 1.54) is 0 Å². The van der Waals surface area contributed by atoms with E-state index in [1.807, 2.05) is 0 Å². The van der Waals surface area contributed by atoms with Crippen molar-refractivity contribution in [3.05, 3.63) is 12.2 Å². The van der Waals surface area contributed by atoms with Crippen LogP contribution in [0.5, 0.6) is 0 Å². The normalized spacial score (nSPS) is 41.8. The lowest BCUT2D eigenvalue weighted by Crippen LogP contribution is -2.33. The molecular weight excluding hydrogens is 121 g/mol. The van der Waals surface area contributed by atoms with Crippen LogP contribution in [0.15, 0.2) is 12.2 Å². The van der Waals surface area contributed by atoms with Crippen molar-refractivity contribution in [3.63, 3.8) is 0 Å². The monoisotopic (exact) mass is 135 g/mol. The zero-order valence-corrected chi connectivity index (χ0v) is 6.51. The van der Waals surface area contributed by atoms with Crippen molar-refractivity contribution in [2.24, 2.45) is 11.7 Å². The van der Waals surface area contributed by atoms with Gasteiger partial charge in [0, 0.05) is 6.04 Å². The van der Waals surface area contributed by atoms with Gasteiger partial charge in [0.1, 0.15) is 0 Å². The molecule has 0 spiro atoms. The molecule has 1 aliphatic carbocycles. The molecule has 2 heteroatoms. The fraction of sp³-hybridized carbons (Fsp3) is 0.750. The lowest BCUT2D eigenvalue weighted by Gasteiger charge is -2.32. The Labute approximate surface area is 64.1 Å². The summed E-state index contributed by atoms with van der Waals surface area (Å²) in [5.74, 6) is 0.804. The van der Waals surface area contributed by atoms with Crippen molar-refractivity contribution >= 4 is 7.85 Å². The minimum atomic E-state index is 0.0381. The third-order valence-electron chi connectivity index (χ3n) is 2.22. The Morgan fingerprint density at radius 1 is 1.70 bits per heavy atom. The molecule has 1 fully saturated rings. The first-order valence-electron chi connectivity index (χ1n) is 3.80. The van der Waals surface area contributed by atoms with E-state index in [-0.39, 0.29) is 11.9 Å². The van der Waals surface area contributed by atoms with Gasteiger partial charge in [-0.25, -0.2) is 0 Å². The van der Waals surface area contributed by atoms with Crippen LogP contribution >= 0.6 is 0 Å². The average molecular weight is 135 g/mol. The molecule has 0 aromatic carbocycles. The maximum Gasteiger partial charge on any atom is 0.0725 e. The fourth-order valence-electron chi connectivity index (χ4n) is 1.58. The van der Waals surface area contributed by atoms with Crippen LogP contribution in [0.4, 0.5) is 0 Å². The Morgan fingerprint density at radius 2 is 2.30 bits per heavy atom. The molecule has 1 saturated carbocycles. The summed E-state index contributed by atoms with van der Waals surface area (Å²) in [5, 5.41) is 0. The van der Waals surface area contributed by atoms with Crippen molar-refractivity contribution in [3.8, 4) is 0 Å². The van der Waals surface area contributed by atoms with Gasteiger partial charge >= 0.3 is 0 Å². The number of nitrogens with two attached hydrogens (primary N) is 1. The smallest absolute Gasteiger partial charge is 0.0725 e. The van der Waals surface area contributed by atoms with Crippen LogP contribution in [0.2, 0.25) is 5.82 Å². The van der Waals surface area contributed by atoms with Gasteiger partial charge in [-0.15, -0.1) is 0 Å². The molecule has 0 heterocycles. The molecule has 54 valence electrons. The van der Waals surface area contributed by atoms with Crippen LogP contribution in [0.25, 0.3) is 0 Å². The molecule has 0 aromatic heterocycles. The van der Waals surface area contributed by atoms with E-state index in [4.69, 9.17) is 13.6 Å². The van der Waals surface area contributed by atoms with Crippen molar-refractivity contribution in [2.45, 2.75) is 31.6 Å². The third-order valence-corrected chi connectivity index (χ3v) is 2.22. The van der Waals surface area contributed by atoms with E-state index >= 15 is 0 Å². The summed E-state index contributed by atoms with van der Waals surface area (Å²) in [4.78, 5) is 0. The first-order valence-corrected chi connectivity index (χ1v) is 3.80. The van der Waals surface area contributed by atoms with Crippen molar-refractivity contribution in [1.82, 2.24) is 0 Å². The maximum absolute atomic E-state index is 5.77. The predicted molar refractivity (Wildman–Crippen MR) is 45.0 cm³/mol. The van der Waals surface area contributed by atoms with E-state index in [9.17, 15) is 0 Å². The van der Waals surface area contributed by atoms with Crippen molar-refractivity contribution in [2.75, 3.05) is 0 Å². The highest BCUT2D eigenvalue weighted by Crippen LogP contribution is 2.32. The molecule has 0 amide bonds. The number of hydrogen-bond acceptors (Lipinski definition) is 1. The molecule has 2 N–H and O–H groups in total. The summed E-state index contributed by atoms with van der Waals surface area (Å²) in [6, 6.07) is 0.0381. The van der Waals surface area contributed by atoms with Gasteiger partial charge in [-0.1, -0.05) is 31.3 Å². The van der Waals surface area contributed by atoms with Crippen LogP contribution in [-0.2, 0) is 0 Å². The third kappa shape index (κ3) is 1.43. The Hall–Kier alpha value is -0.235. The van der Waals surface area contributed by atoms with E-state index in [0.29, 0.717) is 5.92 Å². The largest absolute Gasteiger partial charge is 0.325 e. The molecule has 3 atom stereocenters. The average Bonchev–Trinajstić information content (AvgIpc) is 1.82. The highest BCUT2D eigenvalue weighted by Gasteiger charge is 2.24. The summed E-state index contributed by atoms with van der Waals surface area (Å²) >= 11 is 0. The Kier molecular flexibility index (Phi) is 2.19. The quantitative estimate of drug-likeness (QED) is 0.392. The molecule has 10 heavy (non-hydrogen) atoms. The molecule has 1 rings (SSSR count). The summed E-state index contributed by atoms with van der Waals surface area (Å²) in [7, 11) is 5.77. The molecule has 2 radical (unpaired) electrons. The molecule has 1 nitrogen and oxygen atoms in total. The fourth-order valence-corrected chi connectivity index (χ4v) is 1.58. The Bertz CT molecular complexity index is 144. The van der Waals surface area contributed by atoms with Crippen LogP contribution < -0.4 is 5.73 Å². The van der Waals surface area contributed by atoms with Crippen molar-refractivity contribution < 1.29 is 0 Å². The second-order valence-electron chi connectivity index (χ2n) is 3.39.